The molecule has 0 aromatic rings. The summed E-state index contributed by atoms with van der Waals surface area (Å²) in [5.74, 6) is -0.219. The molecule has 4 heteroatoms. The minimum absolute atomic E-state index is 0.0646. The SMILES string of the molecule is CC(C)(C)C(CCNC(=O)C1CC=CC1)CCC(=O)O. The first kappa shape index (κ1) is 16.7. The van der Waals surface area contributed by atoms with E-state index in [4.69, 9.17) is 5.11 Å². The van der Waals surface area contributed by atoms with Gasteiger partial charge in [0.25, 0.3) is 0 Å². The molecule has 0 aromatic heterocycles. The number of carbonyl (C=O) groups excluding carboxylic acids is 1. The lowest BCUT2D eigenvalue weighted by atomic mass is 9.76. The second kappa shape index (κ2) is 7.46. The normalized spacial score (nSPS) is 17.1. The van der Waals surface area contributed by atoms with Gasteiger partial charge >= 0.3 is 5.97 Å². The van der Waals surface area contributed by atoms with Gasteiger partial charge in [0.1, 0.15) is 0 Å². The molecule has 1 atom stereocenters. The first-order valence-electron chi connectivity index (χ1n) is 7.45. The van der Waals surface area contributed by atoms with E-state index in [2.05, 4.69) is 38.2 Å². The molecular weight excluding hydrogens is 254 g/mol. The lowest BCUT2D eigenvalue weighted by Gasteiger charge is -2.30. The summed E-state index contributed by atoms with van der Waals surface area (Å²) in [5, 5.41) is 11.8. The zero-order chi connectivity index (χ0) is 15.2. The first-order valence-corrected chi connectivity index (χ1v) is 7.45. The molecule has 2 N–H and O–H groups in total. The lowest BCUT2D eigenvalue weighted by Crippen LogP contribution is -2.33. The number of allylic oxidation sites excluding steroid dienone is 2. The highest BCUT2D eigenvalue weighted by Crippen LogP contribution is 2.32. The molecule has 1 aliphatic rings. The van der Waals surface area contributed by atoms with Crippen molar-refractivity contribution >= 4 is 11.9 Å². The predicted molar refractivity (Wildman–Crippen MR) is 79.3 cm³/mol. The zero-order valence-corrected chi connectivity index (χ0v) is 12.8. The van der Waals surface area contributed by atoms with Crippen molar-refractivity contribution in [3.63, 3.8) is 0 Å². The van der Waals surface area contributed by atoms with Gasteiger partial charge in [-0.2, -0.15) is 0 Å². The lowest BCUT2D eigenvalue weighted by molar-refractivity contribution is -0.137. The summed E-state index contributed by atoms with van der Waals surface area (Å²) in [5.41, 5.74) is 0.0646. The van der Waals surface area contributed by atoms with Crippen molar-refractivity contribution in [2.45, 2.75) is 52.9 Å². The number of rotatable bonds is 7. The predicted octanol–water partition coefficient (Wildman–Crippen LogP) is 2.99. The highest BCUT2D eigenvalue weighted by molar-refractivity contribution is 5.79. The third-order valence-corrected chi connectivity index (χ3v) is 4.10. The Morgan fingerprint density at radius 3 is 2.35 bits per heavy atom. The minimum atomic E-state index is -0.750. The summed E-state index contributed by atoms with van der Waals surface area (Å²) in [7, 11) is 0. The van der Waals surface area contributed by atoms with Crippen LogP contribution in [0.3, 0.4) is 0 Å². The largest absolute Gasteiger partial charge is 0.481 e. The number of amides is 1. The molecule has 1 aliphatic carbocycles. The van der Waals surface area contributed by atoms with Gasteiger partial charge < -0.3 is 10.4 Å². The molecule has 4 nitrogen and oxygen atoms in total. The van der Waals surface area contributed by atoms with Crippen LogP contribution in [-0.4, -0.2) is 23.5 Å². The minimum Gasteiger partial charge on any atom is -0.481 e. The monoisotopic (exact) mass is 281 g/mol. The molecule has 0 fully saturated rings. The van der Waals surface area contributed by atoms with Gasteiger partial charge in [-0.15, -0.1) is 0 Å². The molecule has 114 valence electrons. The second-order valence-electron chi connectivity index (χ2n) is 6.71. The van der Waals surface area contributed by atoms with Crippen LogP contribution in [0.4, 0.5) is 0 Å². The van der Waals surface area contributed by atoms with Crippen LogP contribution in [0, 0.1) is 17.3 Å². The van der Waals surface area contributed by atoms with Crippen molar-refractivity contribution in [3.8, 4) is 0 Å². The molecule has 0 aliphatic heterocycles. The standard InChI is InChI=1S/C16H27NO3/c1-16(2,3)13(8-9-14(18)19)10-11-17-15(20)12-6-4-5-7-12/h4-5,12-13H,6-11H2,1-3H3,(H,17,20)(H,18,19). The molecule has 0 radical (unpaired) electrons. The van der Waals surface area contributed by atoms with Gasteiger partial charge in [-0.25, -0.2) is 0 Å². The summed E-state index contributed by atoms with van der Waals surface area (Å²) in [6.45, 7) is 7.02. The van der Waals surface area contributed by atoms with Gasteiger partial charge in [0, 0.05) is 18.9 Å². The van der Waals surface area contributed by atoms with Crippen LogP contribution >= 0.6 is 0 Å². The van der Waals surface area contributed by atoms with Crippen LogP contribution in [0.25, 0.3) is 0 Å². The molecule has 1 unspecified atom stereocenters. The fourth-order valence-corrected chi connectivity index (χ4v) is 2.65. The van der Waals surface area contributed by atoms with E-state index in [9.17, 15) is 9.59 Å². The highest BCUT2D eigenvalue weighted by atomic mass is 16.4. The smallest absolute Gasteiger partial charge is 0.303 e. The molecule has 0 saturated heterocycles. The average molecular weight is 281 g/mol. The first-order chi connectivity index (χ1) is 9.30. The number of carboxylic acids is 1. The van der Waals surface area contributed by atoms with Gasteiger partial charge in [-0.3, -0.25) is 9.59 Å². The van der Waals surface area contributed by atoms with E-state index in [0.717, 1.165) is 19.3 Å². The van der Waals surface area contributed by atoms with Crippen molar-refractivity contribution in [1.29, 1.82) is 0 Å². The maximum Gasteiger partial charge on any atom is 0.303 e. The molecule has 20 heavy (non-hydrogen) atoms. The van der Waals surface area contributed by atoms with Gasteiger partial charge in [0.05, 0.1) is 0 Å². The fraction of sp³-hybridized carbons (Fsp3) is 0.750. The Labute approximate surface area is 121 Å². The molecule has 0 saturated carbocycles. The zero-order valence-electron chi connectivity index (χ0n) is 12.8. The molecule has 1 amide bonds. The molecule has 1 rings (SSSR count). The summed E-state index contributed by atoms with van der Waals surface area (Å²) in [6.07, 6.45) is 7.48. The maximum absolute atomic E-state index is 11.9. The van der Waals surface area contributed by atoms with Crippen molar-refractivity contribution in [2.24, 2.45) is 17.3 Å². The van der Waals surface area contributed by atoms with Crippen LogP contribution in [0.1, 0.15) is 52.9 Å². The quantitative estimate of drug-likeness (QED) is 0.705. The number of carbonyl (C=O) groups is 2. The Morgan fingerprint density at radius 1 is 1.25 bits per heavy atom. The van der Waals surface area contributed by atoms with Crippen LogP contribution in [0.5, 0.6) is 0 Å². The summed E-state index contributed by atoms with van der Waals surface area (Å²) in [6, 6.07) is 0. The second-order valence-corrected chi connectivity index (χ2v) is 6.71. The van der Waals surface area contributed by atoms with Gasteiger partial charge in [-0.1, -0.05) is 32.9 Å². The van der Waals surface area contributed by atoms with E-state index < -0.39 is 5.97 Å². The van der Waals surface area contributed by atoms with E-state index >= 15 is 0 Å². The Kier molecular flexibility index (Phi) is 6.24. The summed E-state index contributed by atoms with van der Waals surface area (Å²) in [4.78, 5) is 22.6. The molecule has 0 spiro atoms. The van der Waals surface area contributed by atoms with Crippen molar-refractivity contribution in [1.82, 2.24) is 5.32 Å². The Bertz CT molecular complexity index is 360. The third-order valence-electron chi connectivity index (χ3n) is 4.10. The van der Waals surface area contributed by atoms with Gasteiger partial charge in [0.15, 0.2) is 0 Å². The molecule has 0 aromatic carbocycles. The Balaban J connectivity index is 2.34. The maximum atomic E-state index is 11.9. The number of hydrogen-bond acceptors (Lipinski definition) is 2. The summed E-state index contributed by atoms with van der Waals surface area (Å²) < 4.78 is 0. The van der Waals surface area contributed by atoms with Gasteiger partial charge in [-0.05, 0) is 37.0 Å². The number of hydrogen-bond donors (Lipinski definition) is 2. The van der Waals surface area contributed by atoms with E-state index in [1.54, 1.807) is 0 Å². The van der Waals surface area contributed by atoms with Crippen molar-refractivity contribution in [3.05, 3.63) is 12.2 Å². The van der Waals surface area contributed by atoms with Crippen LogP contribution < -0.4 is 5.32 Å². The number of carboxylic acid groups (broad SMARTS) is 1. The van der Waals surface area contributed by atoms with Crippen LogP contribution in [-0.2, 0) is 9.59 Å². The topological polar surface area (TPSA) is 66.4 Å². The van der Waals surface area contributed by atoms with Crippen molar-refractivity contribution < 1.29 is 14.7 Å². The number of nitrogens with one attached hydrogen (secondary N) is 1. The fourth-order valence-electron chi connectivity index (χ4n) is 2.65. The van der Waals surface area contributed by atoms with E-state index in [1.807, 2.05) is 0 Å². The average Bonchev–Trinajstić information content (AvgIpc) is 2.84. The van der Waals surface area contributed by atoms with Gasteiger partial charge in [0.2, 0.25) is 5.91 Å². The van der Waals surface area contributed by atoms with Crippen molar-refractivity contribution in [2.75, 3.05) is 6.54 Å². The number of aliphatic carboxylic acids is 1. The van der Waals surface area contributed by atoms with E-state index in [0.29, 0.717) is 18.9 Å². The third kappa shape index (κ3) is 5.76. The Morgan fingerprint density at radius 2 is 1.85 bits per heavy atom. The summed E-state index contributed by atoms with van der Waals surface area (Å²) >= 11 is 0. The molecule has 0 bridgehead atoms. The molecular formula is C16H27NO3. The van der Waals surface area contributed by atoms with E-state index in [1.165, 1.54) is 0 Å². The Hall–Kier alpha value is -1.32. The van der Waals surface area contributed by atoms with E-state index in [-0.39, 0.29) is 23.7 Å². The van der Waals surface area contributed by atoms with Crippen LogP contribution in [0.15, 0.2) is 12.2 Å². The molecule has 0 heterocycles. The highest BCUT2D eigenvalue weighted by Gasteiger charge is 2.25. The van der Waals surface area contributed by atoms with Crippen LogP contribution in [0.2, 0.25) is 0 Å².